The van der Waals surface area contributed by atoms with Gasteiger partial charge in [0.2, 0.25) is 0 Å². The van der Waals surface area contributed by atoms with Crippen molar-refractivity contribution in [2.24, 2.45) is 0 Å². The second-order valence-electron chi connectivity index (χ2n) is 4.46. The largest absolute Gasteiger partial charge is 0.394 e. The minimum absolute atomic E-state index is 0.0475. The molecule has 1 aliphatic heterocycles. The van der Waals surface area contributed by atoms with Gasteiger partial charge >= 0.3 is 0 Å². The van der Waals surface area contributed by atoms with E-state index in [4.69, 9.17) is 9.84 Å². The fourth-order valence-electron chi connectivity index (χ4n) is 2.22. The number of epoxide rings is 1. The molecule has 0 bridgehead atoms. The van der Waals surface area contributed by atoms with E-state index in [1.54, 1.807) is 0 Å². The summed E-state index contributed by atoms with van der Waals surface area (Å²) in [6.45, 7) is 2.11. The van der Waals surface area contributed by atoms with Crippen LogP contribution in [-0.4, -0.2) is 17.8 Å². The van der Waals surface area contributed by atoms with Crippen molar-refractivity contribution in [1.82, 2.24) is 0 Å². The van der Waals surface area contributed by atoms with Gasteiger partial charge < -0.3 is 9.84 Å². The van der Waals surface area contributed by atoms with Crippen LogP contribution in [0.5, 0.6) is 0 Å². The Bertz CT molecular complexity index is 535. The number of aliphatic hydroxyl groups is 1. The molecule has 0 spiro atoms. The highest BCUT2D eigenvalue weighted by molar-refractivity contribution is 5.83. The highest BCUT2D eigenvalue weighted by Crippen LogP contribution is 2.46. The van der Waals surface area contributed by atoms with E-state index >= 15 is 0 Å². The third-order valence-electron chi connectivity index (χ3n) is 3.43. The Morgan fingerprint density at radius 1 is 1.19 bits per heavy atom. The van der Waals surface area contributed by atoms with Crippen LogP contribution in [-0.2, 0) is 10.3 Å². The maximum absolute atomic E-state index is 9.09. The molecule has 2 aromatic carbocycles. The van der Waals surface area contributed by atoms with Crippen LogP contribution in [0.2, 0.25) is 0 Å². The highest BCUT2D eigenvalue weighted by Gasteiger charge is 2.53. The van der Waals surface area contributed by atoms with Gasteiger partial charge in [-0.25, -0.2) is 0 Å². The SMILES string of the molecule is CC1(c2ccc3ccccc3c2)OC1CO. The molecular weight excluding hydrogens is 200 g/mol. The molecule has 1 fully saturated rings. The monoisotopic (exact) mass is 214 g/mol. The zero-order chi connectivity index (χ0) is 11.2. The molecule has 0 radical (unpaired) electrons. The van der Waals surface area contributed by atoms with E-state index in [0.29, 0.717) is 0 Å². The summed E-state index contributed by atoms with van der Waals surface area (Å²) < 4.78 is 5.54. The summed E-state index contributed by atoms with van der Waals surface area (Å²) in [4.78, 5) is 0. The van der Waals surface area contributed by atoms with Crippen LogP contribution in [0.1, 0.15) is 12.5 Å². The lowest BCUT2D eigenvalue weighted by molar-refractivity contribution is 0.237. The van der Waals surface area contributed by atoms with Crippen molar-refractivity contribution in [3.05, 3.63) is 48.0 Å². The molecule has 2 atom stereocenters. The van der Waals surface area contributed by atoms with Crippen molar-refractivity contribution in [3.8, 4) is 0 Å². The standard InChI is InChI=1S/C14H14O2/c1-14(13(9-15)16-14)12-7-6-10-4-2-3-5-11(10)8-12/h2-8,13,15H,9H2,1H3. The van der Waals surface area contributed by atoms with E-state index in [1.807, 2.05) is 19.1 Å². The quantitative estimate of drug-likeness (QED) is 0.779. The van der Waals surface area contributed by atoms with Gasteiger partial charge in [-0.3, -0.25) is 0 Å². The fourth-order valence-corrected chi connectivity index (χ4v) is 2.22. The Morgan fingerprint density at radius 2 is 1.94 bits per heavy atom. The van der Waals surface area contributed by atoms with E-state index in [1.165, 1.54) is 10.8 Å². The lowest BCUT2D eigenvalue weighted by Gasteiger charge is -2.08. The first-order valence-corrected chi connectivity index (χ1v) is 5.52. The summed E-state index contributed by atoms with van der Waals surface area (Å²) in [5.41, 5.74) is 0.851. The zero-order valence-corrected chi connectivity index (χ0v) is 9.18. The Balaban J connectivity index is 2.06. The van der Waals surface area contributed by atoms with Crippen molar-refractivity contribution in [2.75, 3.05) is 6.61 Å². The molecule has 1 aliphatic rings. The maximum atomic E-state index is 9.09. The molecule has 0 amide bonds. The summed E-state index contributed by atoms with van der Waals surface area (Å²) in [6, 6.07) is 14.6. The topological polar surface area (TPSA) is 32.8 Å². The van der Waals surface area contributed by atoms with Crippen molar-refractivity contribution in [3.63, 3.8) is 0 Å². The lowest BCUT2D eigenvalue weighted by Crippen LogP contribution is -2.10. The van der Waals surface area contributed by atoms with Crippen molar-refractivity contribution >= 4 is 10.8 Å². The van der Waals surface area contributed by atoms with E-state index in [2.05, 4.69) is 30.3 Å². The van der Waals surface area contributed by atoms with Gasteiger partial charge in [-0.2, -0.15) is 0 Å². The fraction of sp³-hybridized carbons (Fsp3) is 0.286. The molecule has 2 unspecified atom stereocenters. The lowest BCUT2D eigenvalue weighted by atomic mass is 9.95. The molecule has 2 nitrogen and oxygen atoms in total. The number of rotatable bonds is 2. The third-order valence-corrected chi connectivity index (χ3v) is 3.43. The molecular formula is C14H14O2. The van der Waals surface area contributed by atoms with Gasteiger partial charge in [0.1, 0.15) is 11.7 Å². The maximum Gasteiger partial charge on any atom is 0.119 e. The summed E-state index contributed by atoms with van der Waals surface area (Å²) in [6.07, 6.45) is -0.0475. The van der Waals surface area contributed by atoms with Crippen LogP contribution in [0.4, 0.5) is 0 Å². The van der Waals surface area contributed by atoms with Crippen LogP contribution in [0, 0.1) is 0 Å². The molecule has 0 aromatic heterocycles. The number of aliphatic hydroxyl groups excluding tert-OH is 1. The minimum Gasteiger partial charge on any atom is -0.394 e. The minimum atomic E-state index is -0.293. The van der Waals surface area contributed by atoms with Crippen molar-refractivity contribution in [1.29, 1.82) is 0 Å². The first kappa shape index (κ1) is 9.82. The predicted molar refractivity (Wildman–Crippen MR) is 63.3 cm³/mol. The van der Waals surface area contributed by atoms with Crippen LogP contribution in [0.3, 0.4) is 0 Å². The van der Waals surface area contributed by atoms with Gasteiger partial charge in [0.05, 0.1) is 6.61 Å². The summed E-state index contributed by atoms with van der Waals surface area (Å²) in [5, 5.41) is 11.5. The molecule has 3 rings (SSSR count). The second-order valence-corrected chi connectivity index (χ2v) is 4.46. The zero-order valence-electron chi connectivity index (χ0n) is 9.18. The Labute approximate surface area is 94.5 Å². The Kier molecular flexibility index (Phi) is 2.03. The van der Waals surface area contributed by atoms with E-state index in [9.17, 15) is 0 Å². The van der Waals surface area contributed by atoms with Gasteiger partial charge in [-0.15, -0.1) is 0 Å². The van der Waals surface area contributed by atoms with Crippen LogP contribution in [0.15, 0.2) is 42.5 Å². The average molecular weight is 214 g/mol. The molecule has 82 valence electrons. The van der Waals surface area contributed by atoms with Gasteiger partial charge in [0, 0.05) is 0 Å². The van der Waals surface area contributed by atoms with Crippen LogP contribution >= 0.6 is 0 Å². The van der Waals surface area contributed by atoms with E-state index in [0.717, 1.165) is 5.56 Å². The number of ether oxygens (including phenoxy) is 1. The molecule has 0 aliphatic carbocycles. The van der Waals surface area contributed by atoms with Gasteiger partial charge in [0.15, 0.2) is 0 Å². The number of fused-ring (bicyclic) bond motifs is 1. The van der Waals surface area contributed by atoms with Crippen molar-refractivity contribution < 1.29 is 9.84 Å². The van der Waals surface area contributed by atoms with E-state index in [-0.39, 0.29) is 18.3 Å². The van der Waals surface area contributed by atoms with Gasteiger partial charge in [0.25, 0.3) is 0 Å². The van der Waals surface area contributed by atoms with Gasteiger partial charge in [-0.1, -0.05) is 36.4 Å². The first-order valence-electron chi connectivity index (χ1n) is 5.52. The Morgan fingerprint density at radius 3 is 2.62 bits per heavy atom. The third kappa shape index (κ3) is 1.34. The second kappa shape index (κ2) is 3.30. The van der Waals surface area contributed by atoms with Crippen molar-refractivity contribution in [2.45, 2.75) is 18.6 Å². The number of benzene rings is 2. The van der Waals surface area contributed by atoms with E-state index < -0.39 is 0 Å². The Hall–Kier alpha value is -1.38. The molecule has 2 heteroatoms. The molecule has 1 heterocycles. The van der Waals surface area contributed by atoms with Gasteiger partial charge in [-0.05, 0) is 29.3 Å². The normalized spacial score (nSPS) is 28.2. The number of hydrogen-bond acceptors (Lipinski definition) is 2. The predicted octanol–water partition coefficient (Wildman–Crippen LogP) is 2.45. The first-order chi connectivity index (χ1) is 7.74. The van der Waals surface area contributed by atoms with Crippen LogP contribution < -0.4 is 0 Å². The average Bonchev–Trinajstić information content (AvgIpc) is 3.01. The number of hydrogen-bond donors (Lipinski definition) is 1. The highest BCUT2D eigenvalue weighted by atomic mass is 16.6. The molecule has 0 saturated carbocycles. The van der Waals surface area contributed by atoms with Crippen LogP contribution in [0.25, 0.3) is 10.8 Å². The summed E-state index contributed by atoms with van der Waals surface area (Å²) in [5.74, 6) is 0. The summed E-state index contributed by atoms with van der Waals surface area (Å²) >= 11 is 0. The molecule has 2 aromatic rings. The molecule has 16 heavy (non-hydrogen) atoms. The summed E-state index contributed by atoms with van der Waals surface area (Å²) in [7, 11) is 0. The molecule has 1 N–H and O–H groups in total. The molecule has 1 saturated heterocycles. The smallest absolute Gasteiger partial charge is 0.119 e.